The Bertz CT molecular complexity index is 6120. The van der Waals surface area contributed by atoms with Gasteiger partial charge >= 0.3 is 6.03 Å². The largest absolute Gasteiger partial charge is 0.495 e. The molecule has 40 heteroatoms. The predicted octanol–water partition coefficient (Wildman–Crippen LogP) is 4.86. The third-order valence-electron chi connectivity index (χ3n) is 24.4. The summed E-state index contributed by atoms with van der Waals surface area (Å²) >= 11 is 2.48. The van der Waals surface area contributed by atoms with Crippen LogP contribution in [0.1, 0.15) is 94.0 Å². The van der Waals surface area contributed by atoms with Crippen molar-refractivity contribution in [1.82, 2.24) is 82.1 Å². The number of amides is 14. The number of thioether (sulfide) groups is 2. The van der Waals surface area contributed by atoms with Crippen molar-refractivity contribution < 1.29 is 86.0 Å². The van der Waals surface area contributed by atoms with Crippen LogP contribution in [0.3, 0.4) is 0 Å². The molecule has 7 heterocycles. The number of methoxy groups -OCH3 is 1. The normalized spacial score (nSPS) is 15.9. The fourth-order valence-electron chi connectivity index (χ4n) is 16.7. The van der Waals surface area contributed by atoms with E-state index in [0.29, 0.717) is 80.1 Å². The number of likely N-dealkylation sites (tertiary alicyclic amines) is 1. The van der Waals surface area contributed by atoms with Gasteiger partial charge in [-0.1, -0.05) is 138 Å². The molecule has 3 aromatic heterocycles. The molecule has 1 saturated carbocycles. The lowest BCUT2D eigenvalue weighted by molar-refractivity contribution is -0.138. The second-order valence-corrected chi connectivity index (χ2v) is 36.7. The van der Waals surface area contributed by atoms with Gasteiger partial charge in [0.1, 0.15) is 36.7 Å². The third kappa shape index (κ3) is 27.0. The number of aromatic amines is 1. The summed E-state index contributed by atoms with van der Waals surface area (Å²) in [7, 11) is 3.16. The van der Waals surface area contributed by atoms with Gasteiger partial charge in [-0.2, -0.15) is 0 Å². The molecule has 38 nitrogen and oxygen atoms in total. The molecule has 14 rings (SSSR count). The van der Waals surface area contributed by atoms with E-state index in [-0.39, 0.29) is 95.4 Å². The van der Waals surface area contributed by atoms with Crippen molar-refractivity contribution in [3.63, 3.8) is 0 Å². The fourth-order valence-corrected chi connectivity index (χ4v) is 18.8. The number of pyridine rings is 1. The fraction of sp³-hybridized carbons (Fsp3) is 0.380. The zero-order chi connectivity index (χ0) is 98.8. The zero-order valence-electron chi connectivity index (χ0n) is 78.1. The maximum atomic E-state index is 14.1. The van der Waals surface area contributed by atoms with Crippen molar-refractivity contribution in [3.05, 3.63) is 219 Å². The van der Waals surface area contributed by atoms with Crippen LogP contribution >= 0.6 is 23.5 Å². The van der Waals surface area contributed by atoms with E-state index in [0.717, 1.165) is 95.3 Å². The SMILES string of the molecule is COc1ccc(C#CCNC2(C)CCN(C3CCN(c4nc([C@@](COCNC(=O)CNC(=O)[C@H](Cc5ccccc5)NC(=O)CNC(=O)CNC(=O)CCOCCOCCN5C(=O)C(Sc6ccccc6)=C(Sc6ccccc6)C5=O)(OC5CC5)c5ccccc5)c5cc(-c6cn(C)c(=O)c7[nH]ccc67)ccc5n4)CC3)CC2)cc1N1CCC(=O)N(CNC(=O)CNC(=O)[C@H](CC(N)=O)NC(C)=O)C1=O. The highest BCUT2D eigenvalue weighted by molar-refractivity contribution is 8.08. The van der Waals surface area contributed by atoms with Gasteiger partial charge in [-0.15, -0.1) is 0 Å². The summed E-state index contributed by atoms with van der Waals surface area (Å²) < 4.78 is 32.4. The number of nitrogens with two attached hydrogens (primary N) is 1. The Labute approximate surface area is 816 Å². The Morgan fingerprint density at radius 2 is 1.25 bits per heavy atom. The number of urea groups is 1. The quantitative estimate of drug-likeness (QED) is 0.0105. The first-order valence-corrected chi connectivity index (χ1v) is 47.9. The molecule has 734 valence electrons. The first kappa shape index (κ1) is 102. The zero-order valence-corrected chi connectivity index (χ0v) is 79.7. The van der Waals surface area contributed by atoms with Crippen molar-refractivity contribution in [2.24, 2.45) is 12.8 Å². The van der Waals surface area contributed by atoms with Gasteiger partial charge in [0.2, 0.25) is 65.0 Å². The number of benzene rings is 6. The Hall–Kier alpha value is -14.2. The van der Waals surface area contributed by atoms with E-state index in [4.69, 9.17) is 39.4 Å². The minimum Gasteiger partial charge on any atom is -0.495 e. The molecule has 140 heavy (non-hydrogen) atoms. The average molecular weight is 1950 g/mol. The van der Waals surface area contributed by atoms with Crippen molar-refractivity contribution in [2.45, 2.75) is 123 Å². The molecule has 1 aliphatic carbocycles. The van der Waals surface area contributed by atoms with Crippen molar-refractivity contribution in [2.75, 3.05) is 135 Å². The maximum Gasteiger partial charge on any atom is 0.332 e. The lowest BCUT2D eigenvalue weighted by Crippen LogP contribution is -2.56. The molecule has 0 radical (unpaired) electrons. The molecule has 4 fully saturated rings. The molecule has 14 amide bonds. The summed E-state index contributed by atoms with van der Waals surface area (Å²) in [5.74, 6) is -0.290. The van der Waals surface area contributed by atoms with Gasteiger partial charge in [-0.3, -0.25) is 72.1 Å². The van der Waals surface area contributed by atoms with Gasteiger partial charge in [0.25, 0.3) is 17.4 Å². The van der Waals surface area contributed by atoms with Crippen LogP contribution in [0.25, 0.3) is 32.9 Å². The molecular formula is C100H113N19O19S2. The Kier molecular flexibility index (Phi) is 35.2. The molecule has 4 aliphatic heterocycles. The topological polar surface area (TPSA) is 482 Å². The van der Waals surface area contributed by atoms with Crippen molar-refractivity contribution in [1.29, 1.82) is 0 Å². The average Bonchev–Trinajstić information content (AvgIpc) is 1.42. The standard InChI is InChI=1S/C100H113N19O19S2/c1-64(120)110-78(55-81(101)121)93(129)105-57-84(124)107-62-119-87(127)36-44-117(98(119)133)79-53-66(27-32-80(79)134-4)20-17-40-109-99(2)38-45-115(46-39-99)69-34-42-116(43-35-69)97-112-76-31-28-67(75-60-114(3)94(130)88-73(75)33-41-102-88)54-74(76)91(113-97)100(138-70-29-30-70,68-21-11-6-12-22-68)61-137-63-108-85(125)58-106-92(128)77(52-65-18-9-5-10-19-65)111-86(126)59-104-83(123)56-103-82(122)37-48-135-50-51-136-49-47-118-95(131)89(139-71-23-13-7-14-24-71)90(96(118)132)140-72-25-15-8-16-26-72/h5-16,18-19,21-28,31-33,41,53-54,60,69-70,77-78,102,109H,29-30,34-40,42-52,55-59,61-63H2,1-4H3,(H2,101,121)(H,103,122)(H,104,123)(H,105,129)(H,106,128)(H,107,124)(H,108,125)(H,110,120)(H,111,126)/t77-,78-,100-/m0/s1. The number of nitrogens with one attached hydrogen (secondary N) is 10. The molecule has 9 aromatic rings. The molecule has 12 N–H and O–H groups in total. The summed E-state index contributed by atoms with van der Waals surface area (Å²) in [5, 5.41) is 25.2. The van der Waals surface area contributed by atoms with Crippen LogP contribution in [0.4, 0.5) is 16.4 Å². The first-order chi connectivity index (χ1) is 67.7. The lowest BCUT2D eigenvalue weighted by atomic mass is 9.87. The van der Waals surface area contributed by atoms with Crippen LogP contribution in [0.2, 0.25) is 0 Å². The number of nitrogens with zero attached hydrogens (tertiary/aromatic N) is 8. The highest BCUT2D eigenvalue weighted by Crippen LogP contribution is 2.46. The van der Waals surface area contributed by atoms with Gasteiger partial charge in [0.15, 0.2) is 5.60 Å². The Morgan fingerprint density at radius 1 is 0.629 bits per heavy atom. The number of aromatic nitrogens is 4. The number of carbonyl (C=O) groups excluding carboxylic acids is 13. The first-order valence-electron chi connectivity index (χ1n) is 46.2. The maximum absolute atomic E-state index is 14.1. The minimum atomic E-state index is -1.43. The highest BCUT2D eigenvalue weighted by atomic mass is 32.2. The van der Waals surface area contributed by atoms with Crippen LogP contribution in [-0.2, 0) is 95.6 Å². The minimum absolute atomic E-state index is 0.00894. The molecule has 0 unspecified atom stereocenters. The number of ether oxygens (including phenoxy) is 5. The van der Waals surface area contributed by atoms with Gasteiger partial charge in [-0.05, 0) is 123 Å². The van der Waals surface area contributed by atoms with Crippen molar-refractivity contribution >= 4 is 134 Å². The van der Waals surface area contributed by atoms with E-state index in [1.54, 1.807) is 66.3 Å². The number of H-pyrrole nitrogens is 1. The van der Waals surface area contributed by atoms with E-state index in [2.05, 4.69) is 81.4 Å². The molecule has 0 bridgehead atoms. The number of fused-ring (bicyclic) bond motifs is 2. The number of hydrogen-bond donors (Lipinski definition) is 11. The van der Waals surface area contributed by atoms with E-state index in [1.165, 1.54) is 40.4 Å². The Balaban J connectivity index is 0.560. The molecule has 0 spiro atoms. The van der Waals surface area contributed by atoms with Gasteiger partial charge < -0.3 is 96.6 Å². The summed E-state index contributed by atoms with van der Waals surface area (Å²) in [6.07, 6.45) is 7.55. The number of hydrogen-bond acceptors (Lipinski definition) is 26. The summed E-state index contributed by atoms with van der Waals surface area (Å²) in [4.78, 5) is 208. The molecular weight excluding hydrogens is 1840 g/mol. The monoisotopic (exact) mass is 1950 g/mol. The van der Waals surface area contributed by atoms with Crippen LogP contribution in [-0.4, -0.2) is 266 Å². The molecule has 3 atom stereocenters. The van der Waals surface area contributed by atoms with Crippen LogP contribution in [0, 0.1) is 11.8 Å². The van der Waals surface area contributed by atoms with Crippen LogP contribution < -0.4 is 73.7 Å². The van der Waals surface area contributed by atoms with E-state index >= 15 is 0 Å². The predicted molar refractivity (Wildman–Crippen MR) is 522 cm³/mol. The Morgan fingerprint density at radius 3 is 1.91 bits per heavy atom. The van der Waals surface area contributed by atoms with E-state index in [1.807, 2.05) is 121 Å². The number of imide groups is 2. The van der Waals surface area contributed by atoms with E-state index in [9.17, 15) is 67.1 Å². The molecule has 5 aliphatic rings. The molecule has 6 aromatic carbocycles. The number of carbonyl (C=O) groups is 13. The molecule has 3 saturated heterocycles. The van der Waals surface area contributed by atoms with Crippen molar-refractivity contribution in [3.8, 4) is 28.7 Å². The number of anilines is 2. The smallest absolute Gasteiger partial charge is 0.332 e. The summed E-state index contributed by atoms with van der Waals surface area (Å²) in [6.45, 7) is 3.81. The van der Waals surface area contributed by atoms with Crippen LogP contribution in [0.15, 0.2) is 201 Å². The van der Waals surface area contributed by atoms with Gasteiger partial charge in [-0.25, -0.2) is 19.7 Å². The van der Waals surface area contributed by atoms with E-state index < -0.39 is 134 Å². The highest BCUT2D eigenvalue weighted by Gasteiger charge is 2.46. The van der Waals surface area contributed by atoms with Gasteiger partial charge in [0, 0.05) is 122 Å². The summed E-state index contributed by atoms with van der Waals surface area (Å²) in [6, 6.07) is 47.3. The number of rotatable bonds is 46. The number of aryl methyl sites for hydroxylation is 1. The third-order valence-corrected chi connectivity index (χ3v) is 26.7. The van der Waals surface area contributed by atoms with Crippen LogP contribution in [0.5, 0.6) is 5.75 Å². The van der Waals surface area contributed by atoms with Gasteiger partial charge in [0.05, 0.1) is 119 Å². The second kappa shape index (κ2) is 48.4. The number of piperidine rings is 2. The number of primary amides is 1. The lowest BCUT2D eigenvalue weighted by Gasteiger charge is -2.45. The second-order valence-electron chi connectivity index (χ2n) is 34.5. The summed E-state index contributed by atoms with van der Waals surface area (Å²) in [5.41, 5.74) is 8.90.